The number of ether oxygens (including phenoxy) is 1. The number of hydrogen-bond acceptors (Lipinski definition) is 3. The van der Waals surface area contributed by atoms with Gasteiger partial charge in [-0.15, -0.1) is 0 Å². The van der Waals surface area contributed by atoms with Crippen LogP contribution in [-0.2, 0) is 9.53 Å². The fraction of sp³-hybridized carbons (Fsp3) is 0.944. The van der Waals surface area contributed by atoms with Crippen molar-refractivity contribution in [2.45, 2.75) is 58.3 Å². The van der Waals surface area contributed by atoms with Crippen molar-refractivity contribution in [1.82, 2.24) is 10.6 Å². The van der Waals surface area contributed by atoms with E-state index in [9.17, 15) is 4.79 Å². The van der Waals surface area contributed by atoms with E-state index in [1.165, 1.54) is 38.5 Å². The number of amides is 1. The number of carbonyl (C=O) groups excluding carboxylic acids is 1. The predicted molar refractivity (Wildman–Crippen MR) is 89.8 cm³/mol. The average Bonchev–Trinajstić information content (AvgIpc) is 3.01. The molecule has 0 aromatic rings. The molecule has 128 valence electrons. The molecular formula is C18H34N2O2. The lowest BCUT2D eigenvalue weighted by Crippen LogP contribution is -2.39. The first-order chi connectivity index (χ1) is 10.7. The van der Waals surface area contributed by atoms with Gasteiger partial charge in [0.15, 0.2) is 0 Å². The normalized spacial score (nSPS) is 25.8. The number of hydrogen-bond donors (Lipinski definition) is 2. The maximum Gasteiger partial charge on any atom is 0.220 e. The largest absolute Gasteiger partial charge is 0.385 e. The third-order valence-corrected chi connectivity index (χ3v) is 5.81. The SMILES string of the molecule is COCCC1(CNC(=O)CC(C)C2CCCNC2)CCCC1. The Labute approximate surface area is 135 Å². The molecule has 0 radical (unpaired) electrons. The van der Waals surface area contributed by atoms with Crippen molar-refractivity contribution in [3.05, 3.63) is 0 Å². The van der Waals surface area contributed by atoms with Gasteiger partial charge in [-0.2, -0.15) is 0 Å². The van der Waals surface area contributed by atoms with Crippen LogP contribution in [0.4, 0.5) is 0 Å². The molecule has 4 nitrogen and oxygen atoms in total. The zero-order chi connectivity index (χ0) is 15.8. The number of methoxy groups -OCH3 is 1. The predicted octanol–water partition coefficient (Wildman–Crippen LogP) is 2.73. The summed E-state index contributed by atoms with van der Waals surface area (Å²) in [5.74, 6) is 1.38. The number of piperidine rings is 1. The van der Waals surface area contributed by atoms with E-state index in [-0.39, 0.29) is 5.91 Å². The average molecular weight is 310 g/mol. The second-order valence-corrected chi connectivity index (χ2v) is 7.51. The van der Waals surface area contributed by atoms with Crippen LogP contribution in [0.25, 0.3) is 0 Å². The highest BCUT2D eigenvalue weighted by Gasteiger charge is 2.34. The zero-order valence-corrected chi connectivity index (χ0v) is 14.5. The minimum atomic E-state index is 0.238. The van der Waals surface area contributed by atoms with Crippen LogP contribution in [0.15, 0.2) is 0 Å². The molecule has 1 saturated carbocycles. The molecule has 0 spiro atoms. The van der Waals surface area contributed by atoms with Crippen molar-refractivity contribution in [3.8, 4) is 0 Å². The van der Waals surface area contributed by atoms with Gasteiger partial charge in [0.2, 0.25) is 5.91 Å². The van der Waals surface area contributed by atoms with Gasteiger partial charge in [-0.3, -0.25) is 4.79 Å². The molecule has 2 fully saturated rings. The summed E-state index contributed by atoms with van der Waals surface area (Å²) in [5, 5.41) is 6.68. The van der Waals surface area contributed by atoms with Crippen LogP contribution in [0.2, 0.25) is 0 Å². The summed E-state index contributed by atoms with van der Waals surface area (Å²) in [5.41, 5.74) is 0.293. The van der Waals surface area contributed by atoms with Gasteiger partial charge < -0.3 is 15.4 Å². The summed E-state index contributed by atoms with van der Waals surface area (Å²) in [6.07, 6.45) is 9.32. The van der Waals surface area contributed by atoms with Crippen LogP contribution < -0.4 is 10.6 Å². The van der Waals surface area contributed by atoms with Gasteiger partial charge in [-0.1, -0.05) is 19.8 Å². The molecule has 4 heteroatoms. The van der Waals surface area contributed by atoms with Crippen molar-refractivity contribution < 1.29 is 9.53 Å². The Morgan fingerprint density at radius 1 is 1.36 bits per heavy atom. The second-order valence-electron chi connectivity index (χ2n) is 7.51. The van der Waals surface area contributed by atoms with Crippen molar-refractivity contribution in [1.29, 1.82) is 0 Å². The van der Waals surface area contributed by atoms with E-state index in [4.69, 9.17) is 4.74 Å². The topological polar surface area (TPSA) is 50.4 Å². The second kappa shape index (κ2) is 8.88. The molecule has 1 saturated heterocycles. The fourth-order valence-electron chi connectivity index (χ4n) is 4.14. The number of carbonyl (C=O) groups is 1. The van der Waals surface area contributed by atoms with Crippen LogP contribution in [0, 0.1) is 17.3 Å². The monoisotopic (exact) mass is 310 g/mol. The zero-order valence-electron chi connectivity index (χ0n) is 14.5. The first-order valence-electron chi connectivity index (χ1n) is 9.11. The maximum atomic E-state index is 12.3. The smallest absolute Gasteiger partial charge is 0.220 e. The Morgan fingerprint density at radius 2 is 2.14 bits per heavy atom. The van der Waals surface area contributed by atoms with Crippen molar-refractivity contribution in [2.75, 3.05) is 33.4 Å². The molecule has 0 aromatic carbocycles. The summed E-state index contributed by atoms with van der Waals surface area (Å²) in [6.45, 7) is 6.09. The lowest BCUT2D eigenvalue weighted by molar-refractivity contribution is -0.122. The molecule has 1 amide bonds. The van der Waals surface area contributed by atoms with Crippen LogP contribution >= 0.6 is 0 Å². The van der Waals surface area contributed by atoms with E-state index < -0.39 is 0 Å². The molecule has 2 rings (SSSR count). The van der Waals surface area contributed by atoms with Gasteiger partial charge in [0.1, 0.15) is 0 Å². The Hall–Kier alpha value is -0.610. The molecular weight excluding hydrogens is 276 g/mol. The van der Waals surface area contributed by atoms with E-state index in [1.54, 1.807) is 7.11 Å². The minimum Gasteiger partial charge on any atom is -0.385 e. The third-order valence-electron chi connectivity index (χ3n) is 5.81. The van der Waals surface area contributed by atoms with E-state index in [1.807, 2.05) is 0 Å². The quantitative estimate of drug-likeness (QED) is 0.725. The first-order valence-corrected chi connectivity index (χ1v) is 9.11. The molecule has 2 atom stereocenters. The molecule has 0 bridgehead atoms. The standard InChI is InChI=1S/C18H34N2O2/c1-15(16-6-5-10-19-13-16)12-17(21)20-14-18(9-11-22-2)7-3-4-8-18/h15-16,19H,3-14H2,1-2H3,(H,20,21). The van der Waals surface area contributed by atoms with Gasteiger partial charge in [0, 0.05) is 26.7 Å². The summed E-state index contributed by atoms with van der Waals surface area (Å²) in [7, 11) is 1.77. The summed E-state index contributed by atoms with van der Waals surface area (Å²) >= 11 is 0. The molecule has 22 heavy (non-hydrogen) atoms. The first kappa shape index (κ1) is 17.7. The molecule has 0 aromatic heterocycles. The summed E-state index contributed by atoms with van der Waals surface area (Å²) in [6, 6.07) is 0. The molecule has 2 N–H and O–H groups in total. The maximum absolute atomic E-state index is 12.3. The van der Waals surface area contributed by atoms with E-state index in [0.717, 1.165) is 32.7 Å². The summed E-state index contributed by atoms with van der Waals surface area (Å²) in [4.78, 5) is 12.3. The fourth-order valence-corrected chi connectivity index (χ4v) is 4.14. The molecule has 1 aliphatic heterocycles. The lowest BCUT2D eigenvalue weighted by Gasteiger charge is -2.30. The highest BCUT2D eigenvalue weighted by molar-refractivity contribution is 5.76. The molecule has 2 aliphatic rings. The van der Waals surface area contributed by atoms with Gasteiger partial charge in [0.05, 0.1) is 0 Å². The van der Waals surface area contributed by atoms with Crippen LogP contribution in [0.3, 0.4) is 0 Å². The Balaban J connectivity index is 1.73. The van der Waals surface area contributed by atoms with E-state index in [0.29, 0.717) is 23.7 Å². The molecule has 2 unspecified atom stereocenters. The molecule has 1 heterocycles. The third kappa shape index (κ3) is 5.24. The number of nitrogens with one attached hydrogen (secondary N) is 2. The molecule has 1 aliphatic carbocycles. The lowest BCUT2D eigenvalue weighted by atomic mass is 9.82. The van der Waals surface area contributed by atoms with Crippen molar-refractivity contribution in [2.24, 2.45) is 17.3 Å². The van der Waals surface area contributed by atoms with E-state index >= 15 is 0 Å². The van der Waals surface area contributed by atoms with Crippen molar-refractivity contribution in [3.63, 3.8) is 0 Å². The van der Waals surface area contributed by atoms with Crippen LogP contribution in [0.5, 0.6) is 0 Å². The summed E-state index contributed by atoms with van der Waals surface area (Å²) < 4.78 is 5.26. The van der Waals surface area contributed by atoms with Crippen LogP contribution in [0.1, 0.15) is 58.3 Å². The van der Waals surface area contributed by atoms with Gasteiger partial charge >= 0.3 is 0 Å². The van der Waals surface area contributed by atoms with Crippen LogP contribution in [-0.4, -0.2) is 39.3 Å². The van der Waals surface area contributed by atoms with Gasteiger partial charge in [0.25, 0.3) is 0 Å². The Kier molecular flexibility index (Phi) is 7.16. The minimum absolute atomic E-state index is 0.238. The van der Waals surface area contributed by atoms with Crippen molar-refractivity contribution >= 4 is 5.91 Å². The Morgan fingerprint density at radius 3 is 2.77 bits per heavy atom. The highest BCUT2D eigenvalue weighted by Crippen LogP contribution is 2.40. The highest BCUT2D eigenvalue weighted by atomic mass is 16.5. The number of rotatable bonds is 8. The van der Waals surface area contributed by atoms with Gasteiger partial charge in [-0.25, -0.2) is 0 Å². The Bertz CT molecular complexity index is 334. The van der Waals surface area contributed by atoms with Gasteiger partial charge in [-0.05, 0) is 62.4 Å². The van der Waals surface area contributed by atoms with E-state index in [2.05, 4.69) is 17.6 Å².